The lowest BCUT2D eigenvalue weighted by molar-refractivity contribution is -0.188. The highest BCUT2D eigenvalue weighted by Gasteiger charge is 2.49. The van der Waals surface area contributed by atoms with Crippen LogP contribution in [0.25, 0.3) is 11.2 Å². The SMILES string of the molecule is O=S(=O)(C1CC1)C1CN(c2nc3ncccc3[nH]2)C(c2ccccc2)CN1OCc1ccccc1. The van der Waals surface area contributed by atoms with Gasteiger partial charge in [-0.05, 0) is 36.1 Å². The summed E-state index contributed by atoms with van der Waals surface area (Å²) in [5, 5.41) is 0.595. The molecule has 2 atom stereocenters. The highest BCUT2D eigenvalue weighted by atomic mass is 32.2. The molecule has 2 aromatic heterocycles. The largest absolute Gasteiger partial charge is 0.331 e. The van der Waals surface area contributed by atoms with Crippen LogP contribution in [0.5, 0.6) is 0 Å². The van der Waals surface area contributed by atoms with Crippen molar-refractivity contribution in [2.24, 2.45) is 0 Å². The number of rotatable bonds is 7. The van der Waals surface area contributed by atoms with Crippen molar-refractivity contribution in [1.82, 2.24) is 20.0 Å². The Balaban J connectivity index is 1.38. The van der Waals surface area contributed by atoms with Crippen LogP contribution in [0.1, 0.15) is 30.0 Å². The number of fused-ring (bicyclic) bond motifs is 1. The van der Waals surface area contributed by atoms with Crippen LogP contribution in [0.2, 0.25) is 0 Å². The molecule has 35 heavy (non-hydrogen) atoms. The van der Waals surface area contributed by atoms with E-state index >= 15 is 0 Å². The number of aromatic nitrogens is 3. The van der Waals surface area contributed by atoms with E-state index in [-0.39, 0.29) is 17.8 Å². The number of hydrogen-bond donors (Lipinski definition) is 1. The minimum atomic E-state index is -3.42. The summed E-state index contributed by atoms with van der Waals surface area (Å²) in [4.78, 5) is 20.7. The van der Waals surface area contributed by atoms with Gasteiger partial charge in [0, 0.05) is 6.20 Å². The zero-order valence-corrected chi connectivity index (χ0v) is 20.0. The van der Waals surface area contributed by atoms with Gasteiger partial charge in [0.15, 0.2) is 20.9 Å². The van der Waals surface area contributed by atoms with Crippen LogP contribution >= 0.6 is 0 Å². The van der Waals surface area contributed by atoms with E-state index in [9.17, 15) is 8.42 Å². The first-order chi connectivity index (χ1) is 17.1. The number of aromatic amines is 1. The Morgan fingerprint density at radius 2 is 1.69 bits per heavy atom. The van der Waals surface area contributed by atoms with Crippen molar-refractivity contribution in [3.63, 3.8) is 0 Å². The summed E-state index contributed by atoms with van der Waals surface area (Å²) in [5.74, 6) is 0.617. The van der Waals surface area contributed by atoms with Crippen molar-refractivity contribution in [3.05, 3.63) is 90.1 Å². The number of imidazole rings is 1. The lowest BCUT2D eigenvalue weighted by Gasteiger charge is -2.45. The molecule has 0 radical (unpaired) electrons. The van der Waals surface area contributed by atoms with Crippen molar-refractivity contribution >= 4 is 26.9 Å². The van der Waals surface area contributed by atoms with Gasteiger partial charge in [-0.25, -0.2) is 13.4 Å². The number of pyridine rings is 1. The Hall–Kier alpha value is -3.27. The van der Waals surface area contributed by atoms with E-state index in [4.69, 9.17) is 9.82 Å². The predicted octanol–water partition coefficient (Wildman–Crippen LogP) is 3.86. The fourth-order valence-corrected chi connectivity index (χ4v) is 6.77. The summed E-state index contributed by atoms with van der Waals surface area (Å²) in [6.45, 7) is 0.943. The zero-order valence-electron chi connectivity index (χ0n) is 19.2. The highest BCUT2D eigenvalue weighted by Crippen LogP contribution is 2.38. The van der Waals surface area contributed by atoms with Crippen molar-refractivity contribution in [1.29, 1.82) is 0 Å². The number of anilines is 1. The average molecular weight is 490 g/mol. The molecule has 180 valence electrons. The second-order valence-electron chi connectivity index (χ2n) is 9.12. The maximum atomic E-state index is 13.6. The minimum Gasteiger partial charge on any atom is -0.331 e. The van der Waals surface area contributed by atoms with Gasteiger partial charge < -0.3 is 9.88 Å². The predicted molar refractivity (Wildman–Crippen MR) is 134 cm³/mol. The van der Waals surface area contributed by atoms with Gasteiger partial charge in [0.1, 0.15) is 0 Å². The fourth-order valence-electron chi connectivity index (χ4n) is 4.69. The number of nitrogens with zero attached hydrogens (tertiary/aromatic N) is 4. The van der Waals surface area contributed by atoms with Crippen molar-refractivity contribution in [2.75, 3.05) is 18.0 Å². The Morgan fingerprint density at radius 1 is 0.943 bits per heavy atom. The van der Waals surface area contributed by atoms with Crippen LogP contribution < -0.4 is 4.90 Å². The number of H-pyrrole nitrogens is 1. The second-order valence-corrected chi connectivity index (χ2v) is 11.5. The molecule has 8 nitrogen and oxygen atoms in total. The lowest BCUT2D eigenvalue weighted by atomic mass is 10.0. The molecule has 2 aliphatic rings. The molecule has 0 spiro atoms. The van der Waals surface area contributed by atoms with Gasteiger partial charge in [0.05, 0.1) is 36.5 Å². The maximum absolute atomic E-state index is 13.6. The molecule has 1 aliphatic carbocycles. The normalized spacial score (nSPS) is 21.4. The number of sulfone groups is 1. The van der Waals surface area contributed by atoms with E-state index in [0.29, 0.717) is 37.6 Å². The zero-order chi connectivity index (χ0) is 23.8. The Bertz CT molecular complexity index is 1370. The first kappa shape index (κ1) is 22.2. The van der Waals surface area contributed by atoms with Gasteiger partial charge >= 0.3 is 0 Å². The molecule has 2 fully saturated rings. The van der Waals surface area contributed by atoms with Gasteiger partial charge in [0.25, 0.3) is 0 Å². The van der Waals surface area contributed by atoms with Crippen molar-refractivity contribution in [2.45, 2.75) is 36.1 Å². The molecule has 6 rings (SSSR count). The molecule has 1 saturated heterocycles. The van der Waals surface area contributed by atoms with Gasteiger partial charge in [-0.15, -0.1) is 0 Å². The Kier molecular flexibility index (Phi) is 5.75. The summed E-state index contributed by atoms with van der Waals surface area (Å²) in [5.41, 5.74) is 3.49. The third-order valence-electron chi connectivity index (χ3n) is 6.71. The monoisotopic (exact) mass is 489 g/mol. The highest BCUT2D eigenvalue weighted by molar-refractivity contribution is 7.92. The maximum Gasteiger partial charge on any atom is 0.206 e. The standard InChI is InChI=1S/C26H27N5O3S/c32-35(33,21-13-14-21)24-17-30(26-28-22-12-7-15-27-25(22)29-26)23(20-10-5-2-6-11-20)16-31(24)34-18-19-8-3-1-4-9-19/h1-12,15,21,23-24H,13-14,16-18H2,(H,27,28,29). The molecule has 0 bridgehead atoms. The third kappa shape index (κ3) is 4.42. The van der Waals surface area contributed by atoms with Gasteiger partial charge in [0.2, 0.25) is 5.95 Å². The minimum absolute atomic E-state index is 0.154. The summed E-state index contributed by atoms with van der Waals surface area (Å²) in [6.07, 6.45) is 3.13. The molecule has 4 aromatic rings. The van der Waals surface area contributed by atoms with E-state index in [1.165, 1.54) is 0 Å². The number of benzene rings is 2. The quantitative estimate of drug-likeness (QED) is 0.422. The van der Waals surface area contributed by atoms with E-state index in [1.54, 1.807) is 11.3 Å². The van der Waals surface area contributed by atoms with Crippen LogP contribution in [-0.2, 0) is 21.3 Å². The number of hydroxylamine groups is 2. The van der Waals surface area contributed by atoms with Crippen LogP contribution in [0, 0.1) is 0 Å². The topological polar surface area (TPSA) is 91.4 Å². The van der Waals surface area contributed by atoms with Gasteiger partial charge in [-0.2, -0.15) is 10.0 Å². The average Bonchev–Trinajstić information content (AvgIpc) is 3.68. The molecule has 1 aliphatic heterocycles. The lowest BCUT2D eigenvalue weighted by Crippen LogP contribution is -2.58. The Labute approximate surface area is 204 Å². The summed E-state index contributed by atoms with van der Waals surface area (Å²) in [6, 6.07) is 23.5. The summed E-state index contributed by atoms with van der Waals surface area (Å²) >= 11 is 0. The number of piperazine rings is 1. The number of hydrogen-bond acceptors (Lipinski definition) is 7. The van der Waals surface area contributed by atoms with E-state index in [2.05, 4.69) is 27.0 Å². The smallest absolute Gasteiger partial charge is 0.206 e. The van der Waals surface area contributed by atoms with E-state index in [1.807, 2.05) is 60.7 Å². The summed E-state index contributed by atoms with van der Waals surface area (Å²) in [7, 11) is -3.42. The van der Waals surface area contributed by atoms with Crippen molar-refractivity contribution < 1.29 is 13.3 Å². The second kappa shape index (κ2) is 9.07. The molecule has 2 aromatic carbocycles. The first-order valence-corrected chi connectivity index (χ1v) is 13.5. The Morgan fingerprint density at radius 3 is 2.40 bits per heavy atom. The van der Waals surface area contributed by atoms with Crippen LogP contribution in [0.15, 0.2) is 79.0 Å². The van der Waals surface area contributed by atoms with Gasteiger partial charge in [-0.3, -0.25) is 4.84 Å². The number of nitrogens with one attached hydrogen (secondary N) is 1. The molecular weight excluding hydrogens is 462 g/mol. The fraction of sp³-hybridized carbons (Fsp3) is 0.308. The molecular formula is C26H27N5O3S. The molecule has 0 amide bonds. The van der Waals surface area contributed by atoms with Gasteiger partial charge in [-0.1, -0.05) is 60.7 Å². The first-order valence-electron chi connectivity index (χ1n) is 11.9. The molecule has 9 heteroatoms. The summed E-state index contributed by atoms with van der Waals surface area (Å²) < 4.78 is 27.1. The van der Waals surface area contributed by atoms with Crippen LogP contribution in [0.3, 0.4) is 0 Å². The van der Waals surface area contributed by atoms with Crippen LogP contribution in [-0.4, -0.2) is 52.1 Å². The van der Waals surface area contributed by atoms with E-state index < -0.39 is 15.2 Å². The van der Waals surface area contributed by atoms with Crippen molar-refractivity contribution in [3.8, 4) is 0 Å². The van der Waals surface area contributed by atoms with Crippen LogP contribution in [0.4, 0.5) is 5.95 Å². The third-order valence-corrected chi connectivity index (χ3v) is 9.26. The van der Waals surface area contributed by atoms with E-state index in [0.717, 1.165) is 16.6 Å². The molecule has 1 saturated carbocycles. The molecule has 2 unspecified atom stereocenters. The molecule has 3 heterocycles. The molecule has 1 N–H and O–H groups in total.